The Labute approximate surface area is 85.0 Å². The first-order valence-corrected chi connectivity index (χ1v) is 5.17. The quantitative estimate of drug-likeness (QED) is 0.564. The summed E-state index contributed by atoms with van der Waals surface area (Å²) >= 11 is 0. The zero-order valence-electron chi connectivity index (χ0n) is 8.75. The molecule has 5 nitrogen and oxygen atoms in total. The number of urea groups is 1. The zero-order chi connectivity index (χ0) is 10.4. The number of carbonyl (C=O) groups is 1. The fourth-order valence-electron chi connectivity index (χ4n) is 1.73. The fraction of sp³-hybridized carbons (Fsp3) is 0.889. The average molecular weight is 200 g/mol. The molecular weight excluding hydrogens is 180 g/mol. The molecule has 1 aliphatic rings. The maximum atomic E-state index is 11.0. The van der Waals surface area contributed by atoms with E-state index in [0.29, 0.717) is 6.04 Å². The minimum absolute atomic E-state index is 0.0873. The summed E-state index contributed by atoms with van der Waals surface area (Å²) in [6.45, 7) is 3.80. The molecule has 0 saturated carbocycles. The molecule has 5 heteroatoms. The first-order chi connectivity index (χ1) is 6.76. The molecule has 4 N–H and O–H groups in total. The van der Waals surface area contributed by atoms with Gasteiger partial charge in [0, 0.05) is 26.2 Å². The molecule has 0 aromatic rings. The summed E-state index contributed by atoms with van der Waals surface area (Å²) in [4.78, 5) is 13.4. The molecule has 1 atom stereocenters. The third-order valence-corrected chi connectivity index (χ3v) is 2.51. The van der Waals surface area contributed by atoms with Crippen LogP contribution in [-0.2, 0) is 0 Å². The lowest BCUT2D eigenvalue weighted by Crippen LogP contribution is -2.42. The van der Waals surface area contributed by atoms with Crippen molar-refractivity contribution in [3.05, 3.63) is 0 Å². The van der Waals surface area contributed by atoms with Gasteiger partial charge in [-0.15, -0.1) is 0 Å². The van der Waals surface area contributed by atoms with E-state index < -0.39 is 0 Å². The number of nitrogens with zero attached hydrogens (tertiary/aromatic N) is 1. The topological polar surface area (TPSA) is 70.4 Å². The summed E-state index contributed by atoms with van der Waals surface area (Å²) in [7, 11) is 1.64. The first-order valence-electron chi connectivity index (χ1n) is 5.17. The normalized spacial score (nSPS) is 22.3. The van der Waals surface area contributed by atoms with Crippen LogP contribution in [0.4, 0.5) is 4.79 Å². The predicted molar refractivity (Wildman–Crippen MR) is 56.1 cm³/mol. The second-order valence-corrected chi connectivity index (χ2v) is 3.65. The van der Waals surface area contributed by atoms with Crippen molar-refractivity contribution in [3.8, 4) is 0 Å². The maximum absolute atomic E-state index is 11.0. The van der Waals surface area contributed by atoms with Crippen molar-refractivity contribution in [2.45, 2.75) is 18.9 Å². The molecule has 82 valence electrons. The molecule has 0 spiro atoms. The van der Waals surface area contributed by atoms with E-state index in [-0.39, 0.29) is 6.03 Å². The van der Waals surface area contributed by atoms with Gasteiger partial charge >= 0.3 is 6.03 Å². The fourth-order valence-corrected chi connectivity index (χ4v) is 1.73. The minimum Gasteiger partial charge on any atom is -0.341 e. The predicted octanol–water partition coefficient (Wildman–Crippen LogP) is -0.661. The van der Waals surface area contributed by atoms with Crippen LogP contribution in [0.3, 0.4) is 0 Å². The van der Waals surface area contributed by atoms with Crippen LogP contribution < -0.4 is 16.4 Å². The third-order valence-electron chi connectivity index (χ3n) is 2.51. The monoisotopic (exact) mass is 200 g/mol. The van der Waals surface area contributed by atoms with Crippen molar-refractivity contribution in [1.82, 2.24) is 15.5 Å². The first kappa shape index (κ1) is 11.3. The lowest BCUT2D eigenvalue weighted by molar-refractivity contribution is 0.238. The van der Waals surface area contributed by atoms with E-state index in [1.165, 1.54) is 0 Å². The largest absolute Gasteiger partial charge is 0.341 e. The Morgan fingerprint density at radius 1 is 1.64 bits per heavy atom. The lowest BCUT2D eigenvalue weighted by atomic mass is 10.3. The summed E-state index contributed by atoms with van der Waals surface area (Å²) in [5, 5.41) is 5.47. The van der Waals surface area contributed by atoms with Crippen LogP contribution in [0.5, 0.6) is 0 Å². The molecule has 0 aromatic heterocycles. The molecule has 2 amide bonds. The third kappa shape index (κ3) is 3.51. The van der Waals surface area contributed by atoms with E-state index in [4.69, 9.17) is 5.73 Å². The number of carbonyl (C=O) groups excluding carboxylic acids is 1. The Balaban J connectivity index is 2.17. The van der Waals surface area contributed by atoms with E-state index >= 15 is 0 Å². The van der Waals surface area contributed by atoms with Crippen molar-refractivity contribution in [2.75, 3.05) is 33.2 Å². The van der Waals surface area contributed by atoms with Gasteiger partial charge in [-0.25, -0.2) is 4.79 Å². The van der Waals surface area contributed by atoms with E-state index in [9.17, 15) is 4.79 Å². The Kier molecular flexibility index (Phi) is 4.69. The van der Waals surface area contributed by atoms with Gasteiger partial charge in [-0.3, -0.25) is 0 Å². The van der Waals surface area contributed by atoms with Crippen molar-refractivity contribution in [2.24, 2.45) is 5.73 Å². The van der Waals surface area contributed by atoms with Crippen LogP contribution in [0.25, 0.3) is 0 Å². The molecule has 0 aliphatic carbocycles. The number of rotatable bonds is 4. The van der Waals surface area contributed by atoms with Crippen LogP contribution in [0.15, 0.2) is 0 Å². The van der Waals surface area contributed by atoms with E-state index in [1.54, 1.807) is 7.05 Å². The van der Waals surface area contributed by atoms with Crippen LogP contribution >= 0.6 is 0 Å². The Morgan fingerprint density at radius 2 is 2.43 bits per heavy atom. The van der Waals surface area contributed by atoms with Gasteiger partial charge in [-0.05, 0) is 25.9 Å². The SMILES string of the molecule is CNC(=O)N[C@@H]1CCN(CCCN)C1. The van der Waals surface area contributed by atoms with Crippen molar-refractivity contribution in [3.63, 3.8) is 0 Å². The average Bonchev–Trinajstić information content (AvgIpc) is 2.62. The van der Waals surface area contributed by atoms with Crippen LogP contribution in [0.1, 0.15) is 12.8 Å². The van der Waals surface area contributed by atoms with Crippen molar-refractivity contribution >= 4 is 6.03 Å². The summed E-state index contributed by atoms with van der Waals surface area (Å²) in [6.07, 6.45) is 2.07. The molecule has 1 saturated heterocycles. The van der Waals surface area contributed by atoms with E-state index in [1.807, 2.05) is 0 Å². The van der Waals surface area contributed by atoms with Gasteiger partial charge in [-0.2, -0.15) is 0 Å². The number of hydrogen-bond acceptors (Lipinski definition) is 3. The Bertz CT molecular complexity index is 186. The Hall–Kier alpha value is -0.810. The number of likely N-dealkylation sites (tertiary alicyclic amines) is 1. The summed E-state index contributed by atoms with van der Waals surface area (Å²) < 4.78 is 0. The van der Waals surface area contributed by atoms with E-state index in [0.717, 1.165) is 39.0 Å². The van der Waals surface area contributed by atoms with Crippen LogP contribution in [0, 0.1) is 0 Å². The highest BCUT2D eigenvalue weighted by Crippen LogP contribution is 2.08. The molecular formula is C9H20N4O. The van der Waals surface area contributed by atoms with Gasteiger partial charge in [0.1, 0.15) is 0 Å². The molecule has 0 unspecified atom stereocenters. The van der Waals surface area contributed by atoms with Gasteiger partial charge in [-0.1, -0.05) is 0 Å². The number of hydrogen-bond donors (Lipinski definition) is 3. The summed E-state index contributed by atoms with van der Waals surface area (Å²) in [5.41, 5.74) is 5.44. The Morgan fingerprint density at radius 3 is 3.07 bits per heavy atom. The number of nitrogens with two attached hydrogens (primary N) is 1. The van der Waals surface area contributed by atoms with Crippen molar-refractivity contribution < 1.29 is 4.79 Å². The second-order valence-electron chi connectivity index (χ2n) is 3.65. The van der Waals surface area contributed by atoms with E-state index in [2.05, 4.69) is 15.5 Å². The van der Waals surface area contributed by atoms with Gasteiger partial charge in [0.05, 0.1) is 0 Å². The highest BCUT2D eigenvalue weighted by atomic mass is 16.2. The highest BCUT2D eigenvalue weighted by molar-refractivity contribution is 5.73. The number of amides is 2. The molecule has 0 aromatic carbocycles. The molecule has 1 rings (SSSR count). The summed E-state index contributed by atoms with van der Waals surface area (Å²) in [5.74, 6) is 0. The lowest BCUT2D eigenvalue weighted by Gasteiger charge is -2.15. The highest BCUT2D eigenvalue weighted by Gasteiger charge is 2.22. The maximum Gasteiger partial charge on any atom is 0.314 e. The smallest absolute Gasteiger partial charge is 0.314 e. The molecule has 14 heavy (non-hydrogen) atoms. The van der Waals surface area contributed by atoms with Gasteiger partial charge in [0.15, 0.2) is 0 Å². The summed E-state index contributed by atoms with van der Waals surface area (Å²) in [6, 6.07) is 0.211. The molecule has 1 fully saturated rings. The molecule has 0 radical (unpaired) electrons. The van der Waals surface area contributed by atoms with Crippen molar-refractivity contribution in [1.29, 1.82) is 0 Å². The minimum atomic E-state index is -0.0873. The molecule has 0 bridgehead atoms. The zero-order valence-corrected chi connectivity index (χ0v) is 8.75. The van der Waals surface area contributed by atoms with Crippen LogP contribution in [-0.4, -0.2) is 50.2 Å². The number of nitrogens with one attached hydrogen (secondary N) is 2. The second kappa shape index (κ2) is 5.82. The van der Waals surface area contributed by atoms with Gasteiger partial charge < -0.3 is 21.3 Å². The van der Waals surface area contributed by atoms with Crippen LogP contribution in [0.2, 0.25) is 0 Å². The standard InChI is InChI=1S/C9H20N4O/c1-11-9(14)12-8-3-6-13(7-8)5-2-4-10/h8H,2-7,10H2,1H3,(H2,11,12,14)/t8-/m1/s1. The molecule has 1 aliphatic heterocycles. The molecule has 1 heterocycles. The van der Waals surface area contributed by atoms with Gasteiger partial charge in [0.25, 0.3) is 0 Å². The van der Waals surface area contributed by atoms with Gasteiger partial charge in [0.2, 0.25) is 0 Å².